The second-order valence-electron chi connectivity index (χ2n) is 4.81. The summed E-state index contributed by atoms with van der Waals surface area (Å²) in [6, 6.07) is 5.06. The number of nitrogens with zero attached hydrogens (tertiary/aromatic N) is 1. The van der Waals surface area contributed by atoms with E-state index in [0.29, 0.717) is 0 Å². The first-order chi connectivity index (χ1) is 8.47. The van der Waals surface area contributed by atoms with Gasteiger partial charge in [0.2, 0.25) is 5.91 Å². The van der Waals surface area contributed by atoms with Crippen LogP contribution in [0, 0.1) is 12.8 Å². The monoisotopic (exact) mass is 246 g/mol. The third-order valence-electron chi connectivity index (χ3n) is 2.89. The number of aryl methyl sites for hydroxylation is 1. The molecular weight excluding hydrogens is 228 g/mol. The molecule has 1 atom stereocenters. The van der Waals surface area contributed by atoms with Gasteiger partial charge in [-0.15, -0.1) is 0 Å². The summed E-state index contributed by atoms with van der Waals surface area (Å²) < 4.78 is 0. The van der Waals surface area contributed by atoms with Crippen LogP contribution in [0.2, 0.25) is 0 Å². The van der Waals surface area contributed by atoms with Crippen molar-refractivity contribution >= 4 is 22.6 Å². The molecular formula is C13H18N4O. The number of nitrogens with two attached hydrogens (primary N) is 1. The van der Waals surface area contributed by atoms with E-state index in [1.165, 1.54) is 0 Å². The van der Waals surface area contributed by atoms with Gasteiger partial charge in [-0.2, -0.15) is 0 Å². The molecule has 18 heavy (non-hydrogen) atoms. The molecule has 1 heterocycles. The van der Waals surface area contributed by atoms with E-state index in [9.17, 15) is 4.79 Å². The number of amides is 1. The fourth-order valence-electron chi connectivity index (χ4n) is 1.74. The Morgan fingerprint density at radius 2 is 2.17 bits per heavy atom. The topological polar surface area (TPSA) is 83.8 Å². The van der Waals surface area contributed by atoms with Gasteiger partial charge in [0.15, 0.2) is 0 Å². The average Bonchev–Trinajstić information content (AvgIpc) is 2.67. The first-order valence-electron chi connectivity index (χ1n) is 6.00. The number of benzene rings is 1. The molecule has 4 N–H and O–H groups in total. The maximum Gasteiger partial charge on any atom is 0.241 e. The van der Waals surface area contributed by atoms with Crippen molar-refractivity contribution in [1.29, 1.82) is 0 Å². The van der Waals surface area contributed by atoms with E-state index in [2.05, 4.69) is 15.3 Å². The molecule has 5 heteroatoms. The van der Waals surface area contributed by atoms with E-state index in [1.807, 2.05) is 39.0 Å². The Morgan fingerprint density at radius 3 is 2.83 bits per heavy atom. The number of aromatic amines is 1. The van der Waals surface area contributed by atoms with Crippen molar-refractivity contribution in [3.8, 4) is 0 Å². The fourth-order valence-corrected chi connectivity index (χ4v) is 1.74. The van der Waals surface area contributed by atoms with Gasteiger partial charge in [0, 0.05) is 5.69 Å². The highest BCUT2D eigenvalue weighted by molar-refractivity contribution is 5.96. The highest BCUT2D eigenvalue weighted by Crippen LogP contribution is 2.17. The van der Waals surface area contributed by atoms with Crippen LogP contribution >= 0.6 is 0 Å². The maximum atomic E-state index is 11.8. The van der Waals surface area contributed by atoms with Crippen LogP contribution < -0.4 is 11.1 Å². The predicted octanol–water partition coefficient (Wildman–Crippen LogP) is 1.79. The Bertz CT molecular complexity index is 573. The molecule has 0 saturated heterocycles. The molecule has 2 aromatic rings. The molecule has 96 valence electrons. The lowest BCUT2D eigenvalue weighted by molar-refractivity contribution is -0.118. The smallest absolute Gasteiger partial charge is 0.241 e. The Labute approximate surface area is 106 Å². The molecule has 0 saturated carbocycles. The van der Waals surface area contributed by atoms with Crippen molar-refractivity contribution < 1.29 is 4.79 Å². The van der Waals surface area contributed by atoms with Crippen molar-refractivity contribution in [2.45, 2.75) is 26.8 Å². The molecule has 1 amide bonds. The van der Waals surface area contributed by atoms with Gasteiger partial charge in [0.1, 0.15) is 5.82 Å². The van der Waals surface area contributed by atoms with Crippen LogP contribution in [0.25, 0.3) is 11.0 Å². The molecule has 0 aliphatic rings. The van der Waals surface area contributed by atoms with E-state index in [4.69, 9.17) is 5.73 Å². The SMILES string of the molecule is Cc1nc2ccc(NC(=O)[C@@H](N)C(C)C)cc2[nH]1. The summed E-state index contributed by atoms with van der Waals surface area (Å²) in [5, 5.41) is 2.81. The van der Waals surface area contributed by atoms with Gasteiger partial charge < -0.3 is 16.0 Å². The molecule has 1 aromatic carbocycles. The summed E-state index contributed by atoms with van der Waals surface area (Å²) >= 11 is 0. The molecule has 2 rings (SSSR count). The van der Waals surface area contributed by atoms with Crippen molar-refractivity contribution in [2.75, 3.05) is 5.32 Å². The van der Waals surface area contributed by atoms with Gasteiger partial charge in [-0.1, -0.05) is 13.8 Å². The van der Waals surface area contributed by atoms with Gasteiger partial charge in [-0.05, 0) is 31.0 Å². The lowest BCUT2D eigenvalue weighted by Crippen LogP contribution is -2.39. The molecule has 0 radical (unpaired) electrons. The number of imidazole rings is 1. The standard InChI is InChI=1S/C13H18N4O/c1-7(2)12(14)13(18)17-9-4-5-10-11(6-9)16-8(3)15-10/h4-7,12H,14H2,1-3H3,(H,15,16)(H,17,18)/t12-/m0/s1. The molecule has 0 aliphatic carbocycles. The zero-order chi connectivity index (χ0) is 13.3. The first-order valence-corrected chi connectivity index (χ1v) is 6.00. The van der Waals surface area contributed by atoms with Gasteiger partial charge in [0.25, 0.3) is 0 Å². The second-order valence-corrected chi connectivity index (χ2v) is 4.81. The normalized spacial score (nSPS) is 12.9. The molecule has 5 nitrogen and oxygen atoms in total. The number of hydrogen-bond acceptors (Lipinski definition) is 3. The quantitative estimate of drug-likeness (QED) is 0.772. The second kappa shape index (κ2) is 4.78. The molecule has 0 spiro atoms. The highest BCUT2D eigenvalue weighted by atomic mass is 16.2. The van der Waals surface area contributed by atoms with E-state index < -0.39 is 6.04 Å². The van der Waals surface area contributed by atoms with Crippen molar-refractivity contribution in [2.24, 2.45) is 11.7 Å². The minimum atomic E-state index is -0.496. The lowest BCUT2D eigenvalue weighted by atomic mass is 10.0. The van der Waals surface area contributed by atoms with E-state index in [1.54, 1.807) is 0 Å². The number of H-pyrrole nitrogens is 1. The molecule has 1 aromatic heterocycles. The van der Waals surface area contributed by atoms with E-state index >= 15 is 0 Å². The summed E-state index contributed by atoms with van der Waals surface area (Å²) in [5.74, 6) is 0.802. The highest BCUT2D eigenvalue weighted by Gasteiger charge is 2.17. The van der Waals surface area contributed by atoms with Crippen molar-refractivity contribution in [3.63, 3.8) is 0 Å². The number of nitrogens with one attached hydrogen (secondary N) is 2. The van der Waals surface area contributed by atoms with Crippen molar-refractivity contribution in [3.05, 3.63) is 24.0 Å². The van der Waals surface area contributed by atoms with Gasteiger partial charge in [-0.25, -0.2) is 4.98 Å². The van der Waals surface area contributed by atoms with Crippen LogP contribution in [0.3, 0.4) is 0 Å². The number of hydrogen-bond donors (Lipinski definition) is 3. The van der Waals surface area contributed by atoms with Gasteiger partial charge in [0.05, 0.1) is 17.1 Å². The molecule has 0 aliphatic heterocycles. The van der Waals surface area contributed by atoms with Crippen LogP contribution in [0.1, 0.15) is 19.7 Å². The minimum absolute atomic E-state index is 0.114. The van der Waals surface area contributed by atoms with Crippen LogP contribution in [0.5, 0.6) is 0 Å². The molecule has 0 bridgehead atoms. The largest absolute Gasteiger partial charge is 0.342 e. The number of anilines is 1. The van der Waals surface area contributed by atoms with Crippen LogP contribution in [-0.2, 0) is 4.79 Å². The first kappa shape index (κ1) is 12.6. The van der Waals surface area contributed by atoms with Crippen molar-refractivity contribution in [1.82, 2.24) is 9.97 Å². The summed E-state index contributed by atoms with van der Waals surface area (Å²) in [5.41, 5.74) is 8.31. The summed E-state index contributed by atoms with van der Waals surface area (Å²) in [7, 11) is 0. The van der Waals surface area contributed by atoms with Gasteiger partial charge >= 0.3 is 0 Å². The number of aromatic nitrogens is 2. The van der Waals surface area contributed by atoms with E-state index in [0.717, 1.165) is 22.5 Å². The Balaban J connectivity index is 2.19. The Morgan fingerprint density at radius 1 is 1.44 bits per heavy atom. The number of carbonyl (C=O) groups is 1. The maximum absolute atomic E-state index is 11.8. The molecule has 0 fully saturated rings. The summed E-state index contributed by atoms with van der Waals surface area (Å²) in [4.78, 5) is 19.3. The molecule has 0 unspecified atom stereocenters. The zero-order valence-corrected chi connectivity index (χ0v) is 10.8. The van der Waals surface area contributed by atoms with Crippen LogP contribution in [0.15, 0.2) is 18.2 Å². The number of rotatable bonds is 3. The van der Waals surface area contributed by atoms with Crippen LogP contribution in [-0.4, -0.2) is 21.9 Å². The van der Waals surface area contributed by atoms with Crippen LogP contribution in [0.4, 0.5) is 5.69 Å². The van der Waals surface area contributed by atoms with E-state index in [-0.39, 0.29) is 11.8 Å². The summed E-state index contributed by atoms with van der Waals surface area (Å²) in [6.45, 7) is 5.74. The Hall–Kier alpha value is -1.88. The number of fused-ring (bicyclic) bond motifs is 1. The third kappa shape index (κ3) is 2.51. The summed E-state index contributed by atoms with van der Waals surface area (Å²) in [6.07, 6.45) is 0. The minimum Gasteiger partial charge on any atom is -0.342 e. The predicted molar refractivity (Wildman–Crippen MR) is 72.3 cm³/mol. The average molecular weight is 246 g/mol. The fraction of sp³-hybridized carbons (Fsp3) is 0.385. The zero-order valence-electron chi connectivity index (χ0n) is 10.8. The van der Waals surface area contributed by atoms with Gasteiger partial charge in [-0.3, -0.25) is 4.79 Å². The number of carbonyl (C=O) groups excluding carboxylic acids is 1. The Kier molecular flexibility index (Phi) is 3.34. The third-order valence-corrected chi connectivity index (χ3v) is 2.89. The lowest BCUT2D eigenvalue weighted by Gasteiger charge is -2.15.